The number of hydrogen-bond donors (Lipinski definition) is 1. The van der Waals surface area contributed by atoms with Crippen molar-refractivity contribution in [3.63, 3.8) is 0 Å². The van der Waals surface area contributed by atoms with E-state index in [1.54, 1.807) is 6.08 Å². The molecule has 0 unspecified atom stereocenters. The molecule has 0 aliphatic heterocycles. The van der Waals surface area contributed by atoms with Gasteiger partial charge in [0.1, 0.15) is 23.0 Å². The maximum atomic E-state index is 4.97. The van der Waals surface area contributed by atoms with E-state index in [0.29, 0.717) is 6.61 Å². The van der Waals surface area contributed by atoms with E-state index in [1.807, 2.05) is 42.1 Å². The summed E-state index contributed by atoms with van der Waals surface area (Å²) in [6.45, 7) is 9.35. The molecule has 1 N–H and O–H groups in total. The van der Waals surface area contributed by atoms with Gasteiger partial charge in [-0.15, -0.1) is 0 Å². The molecule has 0 heterocycles. The van der Waals surface area contributed by atoms with Crippen molar-refractivity contribution in [2.24, 2.45) is 0 Å². The average Bonchev–Trinajstić information content (AvgIpc) is 2.12. The van der Waals surface area contributed by atoms with Gasteiger partial charge in [-0.3, -0.25) is 0 Å². The lowest BCUT2D eigenvalue weighted by Gasteiger charge is -2.01. The number of nitrogens with one attached hydrogen (secondary N) is 1. The van der Waals surface area contributed by atoms with Crippen molar-refractivity contribution in [3.8, 4) is 0 Å². The van der Waals surface area contributed by atoms with Gasteiger partial charge in [0.2, 0.25) is 0 Å². The fraction of sp³-hybridized carbons (Fsp3) is 0.400. The maximum Gasteiger partial charge on any atom is 0.110 e. The molecule has 0 bridgehead atoms. The number of halogens is 1. The zero-order chi connectivity index (χ0) is 10.1. The Morgan fingerprint density at radius 1 is 1.54 bits per heavy atom. The smallest absolute Gasteiger partial charge is 0.110 e. The highest BCUT2D eigenvalue weighted by Crippen LogP contribution is 2.01. The highest BCUT2D eigenvalue weighted by molar-refractivity contribution is 14.1. The molecule has 0 rings (SSSR count). The summed E-state index contributed by atoms with van der Waals surface area (Å²) in [6, 6.07) is 0. The maximum absolute atomic E-state index is 4.97. The minimum Gasteiger partial charge on any atom is -0.389 e. The van der Waals surface area contributed by atoms with Crippen LogP contribution in [-0.2, 0) is 3.07 Å². The monoisotopic (exact) mass is 293 g/mol. The second-order valence-electron chi connectivity index (χ2n) is 2.58. The predicted octanol–water partition coefficient (Wildman–Crippen LogP) is 2.98. The highest BCUT2D eigenvalue weighted by Gasteiger charge is 1.88. The van der Waals surface area contributed by atoms with Gasteiger partial charge in [0.25, 0.3) is 0 Å². The van der Waals surface area contributed by atoms with Crippen LogP contribution in [0.4, 0.5) is 0 Å². The van der Waals surface area contributed by atoms with Crippen LogP contribution < -0.4 is 5.32 Å². The van der Waals surface area contributed by atoms with Gasteiger partial charge < -0.3 is 8.38 Å². The lowest BCUT2D eigenvalue weighted by molar-refractivity contribution is 0.478. The lowest BCUT2D eigenvalue weighted by Crippen LogP contribution is -2.08. The van der Waals surface area contributed by atoms with Crippen LogP contribution in [-0.4, -0.2) is 13.2 Å². The van der Waals surface area contributed by atoms with E-state index in [9.17, 15) is 0 Å². The molecule has 0 aliphatic carbocycles. The summed E-state index contributed by atoms with van der Waals surface area (Å²) < 4.78 is 4.97. The first-order valence-corrected chi connectivity index (χ1v) is 5.10. The largest absolute Gasteiger partial charge is 0.389 e. The topological polar surface area (TPSA) is 21.3 Å². The Kier molecular flexibility index (Phi) is 8.13. The zero-order valence-electron chi connectivity index (χ0n) is 8.14. The summed E-state index contributed by atoms with van der Waals surface area (Å²) in [5, 5.41) is 3.21. The Labute approximate surface area is 94.4 Å². The summed E-state index contributed by atoms with van der Waals surface area (Å²) in [7, 11) is 0. The summed E-state index contributed by atoms with van der Waals surface area (Å²) in [6.07, 6.45) is 5.83. The zero-order valence-corrected chi connectivity index (χ0v) is 10.3. The van der Waals surface area contributed by atoms with Crippen molar-refractivity contribution in [2.75, 3.05) is 13.2 Å². The van der Waals surface area contributed by atoms with Crippen LogP contribution in [0.25, 0.3) is 0 Å². The van der Waals surface area contributed by atoms with E-state index in [1.165, 1.54) is 0 Å². The fourth-order valence-electron chi connectivity index (χ4n) is 0.808. The number of rotatable bonds is 6. The second kappa shape index (κ2) is 8.31. The Morgan fingerprint density at radius 3 is 2.69 bits per heavy atom. The van der Waals surface area contributed by atoms with Crippen LogP contribution in [0.15, 0.2) is 36.1 Å². The van der Waals surface area contributed by atoms with Gasteiger partial charge >= 0.3 is 0 Å². The van der Waals surface area contributed by atoms with Gasteiger partial charge in [-0.2, -0.15) is 0 Å². The van der Waals surface area contributed by atoms with Crippen molar-refractivity contribution >= 4 is 23.0 Å². The molecule has 0 saturated heterocycles. The molecule has 13 heavy (non-hydrogen) atoms. The number of hydrogen-bond acceptors (Lipinski definition) is 2. The third-order valence-corrected chi connectivity index (χ3v) is 1.80. The molecule has 0 fully saturated rings. The van der Waals surface area contributed by atoms with Crippen molar-refractivity contribution in [3.05, 3.63) is 36.1 Å². The SMILES string of the molecule is C=C/C(=C\C=C(/C)NCC)COI. The van der Waals surface area contributed by atoms with E-state index in [-0.39, 0.29) is 0 Å². The number of allylic oxidation sites excluding steroid dienone is 3. The normalized spacial score (nSPS) is 12.8. The first kappa shape index (κ1) is 12.7. The molecule has 0 spiro atoms. The Balaban J connectivity index is 4.17. The molecule has 3 heteroatoms. The molecule has 0 aromatic heterocycles. The Morgan fingerprint density at radius 2 is 2.23 bits per heavy atom. The Bertz CT molecular complexity index is 209. The average molecular weight is 293 g/mol. The second-order valence-corrected chi connectivity index (χ2v) is 3.20. The quantitative estimate of drug-likeness (QED) is 0.600. The minimum absolute atomic E-state index is 0.597. The molecule has 2 nitrogen and oxygen atoms in total. The van der Waals surface area contributed by atoms with E-state index in [2.05, 4.69) is 18.8 Å². The molecule has 0 aromatic rings. The molecular formula is C10H16INO. The standard InChI is InChI=1S/C10H16INO/c1-4-10(8-13-11)7-6-9(3)12-5-2/h4,6-7,12H,1,5,8H2,2-3H3/b9-6+,10-7+. The summed E-state index contributed by atoms with van der Waals surface area (Å²) in [4.78, 5) is 0. The molecular weight excluding hydrogens is 277 g/mol. The molecule has 0 amide bonds. The third kappa shape index (κ3) is 6.83. The highest BCUT2D eigenvalue weighted by atomic mass is 127. The van der Waals surface area contributed by atoms with Crippen LogP contribution in [0.1, 0.15) is 13.8 Å². The van der Waals surface area contributed by atoms with Crippen molar-refractivity contribution < 1.29 is 3.07 Å². The van der Waals surface area contributed by atoms with Crippen LogP contribution in [0.5, 0.6) is 0 Å². The first-order valence-electron chi connectivity index (χ1n) is 4.21. The first-order chi connectivity index (χ1) is 6.24. The van der Waals surface area contributed by atoms with E-state index in [4.69, 9.17) is 3.07 Å². The van der Waals surface area contributed by atoms with Crippen LogP contribution in [0.3, 0.4) is 0 Å². The van der Waals surface area contributed by atoms with Crippen LogP contribution in [0, 0.1) is 0 Å². The van der Waals surface area contributed by atoms with Gasteiger partial charge in [0.15, 0.2) is 0 Å². The van der Waals surface area contributed by atoms with Gasteiger partial charge in [-0.1, -0.05) is 18.7 Å². The molecule has 0 aliphatic rings. The van der Waals surface area contributed by atoms with Gasteiger partial charge in [0.05, 0.1) is 6.61 Å². The Hall–Kier alpha value is -0.290. The van der Waals surface area contributed by atoms with Crippen molar-refractivity contribution in [1.29, 1.82) is 0 Å². The minimum atomic E-state index is 0.597. The molecule has 74 valence electrons. The van der Waals surface area contributed by atoms with Gasteiger partial charge in [-0.05, 0) is 25.5 Å². The van der Waals surface area contributed by atoms with Crippen molar-refractivity contribution in [1.82, 2.24) is 5.32 Å². The van der Waals surface area contributed by atoms with Crippen molar-refractivity contribution in [2.45, 2.75) is 13.8 Å². The lowest BCUT2D eigenvalue weighted by atomic mass is 10.2. The molecule has 0 atom stereocenters. The van der Waals surface area contributed by atoms with Crippen LogP contribution in [0.2, 0.25) is 0 Å². The van der Waals surface area contributed by atoms with Gasteiger partial charge in [0, 0.05) is 12.2 Å². The summed E-state index contributed by atoms with van der Waals surface area (Å²) in [5.74, 6) is 0. The third-order valence-electron chi connectivity index (χ3n) is 1.49. The van der Waals surface area contributed by atoms with E-state index < -0.39 is 0 Å². The molecule has 0 aromatic carbocycles. The van der Waals surface area contributed by atoms with Crippen LogP contribution >= 0.6 is 23.0 Å². The van der Waals surface area contributed by atoms with E-state index in [0.717, 1.165) is 17.8 Å². The summed E-state index contributed by atoms with van der Waals surface area (Å²) >= 11 is 1.87. The fourth-order valence-corrected chi connectivity index (χ4v) is 1.17. The molecule has 0 saturated carbocycles. The van der Waals surface area contributed by atoms with Gasteiger partial charge in [-0.25, -0.2) is 0 Å². The predicted molar refractivity (Wildman–Crippen MR) is 65.7 cm³/mol. The summed E-state index contributed by atoms with van der Waals surface area (Å²) in [5.41, 5.74) is 2.22. The molecule has 0 radical (unpaired) electrons. The van der Waals surface area contributed by atoms with E-state index >= 15 is 0 Å².